The lowest BCUT2D eigenvalue weighted by atomic mass is 10.1. The first-order valence-electron chi connectivity index (χ1n) is 7.52. The Kier molecular flexibility index (Phi) is 4.55. The van der Waals surface area contributed by atoms with Crippen molar-refractivity contribution in [2.45, 2.75) is 61.2 Å². The molecule has 1 heterocycles. The van der Waals surface area contributed by atoms with Crippen LogP contribution in [0.3, 0.4) is 0 Å². The van der Waals surface area contributed by atoms with E-state index in [1.165, 1.54) is 31.2 Å². The predicted octanol–water partition coefficient (Wildman–Crippen LogP) is 2.83. The van der Waals surface area contributed by atoms with Crippen molar-refractivity contribution in [1.82, 2.24) is 20.2 Å². The molecule has 112 valence electrons. The van der Waals surface area contributed by atoms with E-state index in [1.807, 2.05) is 11.6 Å². The molecule has 0 spiro atoms. The van der Waals surface area contributed by atoms with E-state index in [-0.39, 0.29) is 6.04 Å². The van der Waals surface area contributed by atoms with Gasteiger partial charge in [0.25, 0.3) is 0 Å². The van der Waals surface area contributed by atoms with Gasteiger partial charge < -0.3 is 5.73 Å². The largest absolute Gasteiger partial charge is 0.328 e. The first kappa shape index (κ1) is 14.5. The van der Waals surface area contributed by atoms with Crippen LogP contribution in [0.25, 0.3) is 0 Å². The molecule has 3 rings (SSSR count). The van der Waals surface area contributed by atoms with Gasteiger partial charge in [0.1, 0.15) is 0 Å². The van der Waals surface area contributed by atoms with Gasteiger partial charge in [0.05, 0.1) is 6.04 Å². The van der Waals surface area contributed by atoms with E-state index in [1.54, 1.807) is 11.8 Å². The Balaban J connectivity index is 1.70. The zero-order valence-corrected chi connectivity index (χ0v) is 13.1. The van der Waals surface area contributed by atoms with Crippen LogP contribution in [-0.2, 0) is 6.42 Å². The maximum absolute atomic E-state index is 5.83. The summed E-state index contributed by atoms with van der Waals surface area (Å²) in [5.41, 5.74) is 7.10. The van der Waals surface area contributed by atoms with Crippen molar-refractivity contribution in [1.29, 1.82) is 0 Å². The molecule has 1 fully saturated rings. The molecule has 0 bridgehead atoms. The second kappa shape index (κ2) is 6.58. The fourth-order valence-electron chi connectivity index (χ4n) is 2.80. The topological polar surface area (TPSA) is 69.6 Å². The number of hydrogen-bond donors (Lipinski definition) is 1. The highest BCUT2D eigenvalue weighted by Gasteiger charge is 2.21. The SMILES string of the molecule is CC(N)Cc1ccc(Sc2nnnn2C2CCCC2)cc1. The molecule has 1 saturated carbocycles. The van der Waals surface area contributed by atoms with E-state index in [0.29, 0.717) is 6.04 Å². The molecule has 1 unspecified atom stereocenters. The molecule has 2 aromatic rings. The van der Waals surface area contributed by atoms with Gasteiger partial charge in [-0.3, -0.25) is 0 Å². The molecule has 1 atom stereocenters. The summed E-state index contributed by atoms with van der Waals surface area (Å²) >= 11 is 1.63. The van der Waals surface area contributed by atoms with Crippen molar-refractivity contribution >= 4 is 11.8 Å². The number of tetrazole rings is 1. The fraction of sp³-hybridized carbons (Fsp3) is 0.533. The molecular formula is C15H21N5S. The third-order valence-electron chi connectivity index (χ3n) is 3.82. The van der Waals surface area contributed by atoms with E-state index in [2.05, 4.69) is 39.8 Å². The number of nitrogens with zero attached hydrogens (tertiary/aromatic N) is 4. The lowest BCUT2D eigenvalue weighted by molar-refractivity contribution is 0.423. The molecule has 1 aromatic carbocycles. The van der Waals surface area contributed by atoms with Crippen LogP contribution in [0.1, 0.15) is 44.2 Å². The Hall–Kier alpha value is -1.40. The Bertz CT molecular complexity index is 572. The van der Waals surface area contributed by atoms with E-state index in [4.69, 9.17) is 5.73 Å². The highest BCUT2D eigenvalue weighted by Crippen LogP contribution is 2.33. The summed E-state index contributed by atoms with van der Waals surface area (Å²) in [6, 6.07) is 9.18. The number of hydrogen-bond acceptors (Lipinski definition) is 5. The minimum Gasteiger partial charge on any atom is -0.328 e. The van der Waals surface area contributed by atoms with Gasteiger partial charge in [-0.25, -0.2) is 4.68 Å². The molecule has 0 amide bonds. The van der Waals surface area contributed by atoms with E-state index >= 15 is 0 Å². The molecule has 5 nitrogen and oxygen atoms in total. The van der Waals surface area contributed by atoms with Crippen molar-refractivity contribution in [2.75, 3.05) is 0 Å². The number of aromatic nitrogens is 4. The van der Waals surface area contributed by atoms with Crippen molar-refractivity contribution in [2.24, 2.45) is 5.73 Å². The normalized spacial score (nSPS) is 17.2. The number of benzene rings is 1. The highest BCUT2D eigenvalue weighted by molar-refractivity contribution is 7.99. The first-order valence-corrected chi connectivity index (χ1v) is 8.34. The predicted molar refractivity (Wildman–Crippen MR) is 83.2 cm³/mol. The summed E-state index contributed by atoms with van der Waals surface area (Å²) in [4.78, 5) is 1.16. The third-order valence-corrected chi connectivity index (χ3v) is 4.78. The molecular weight excluding hydrogens is 282 g/mol. The van der Waals surface area contributed by atoms with Gasteiger partial charge in [-0.1, -0.05) is 25.0 Å². The Morgan fingerprint density at radius 1 is 1.29 bits per heavy atom. The molecule has 1 aliphatic carbocycles. The minimum absolute atomic E-state index is 0.193. The lowest BCUT2D eigenvalue weighted by Gasteiger charge is -2.11. The highest BCUT2D eigenvalue weighted by atomic mass is 32.2. The quantitative estimate of drug-likeness (QED) is 0.919. The van der Waals surface area contributed by atoms with Gasteiger partial charge >= 0.3 is 0 Å². The van der Waals surface area contributed by atoms with E-state index < -0.39 is 0 Å². The third kappa shape index (κ3) is 3.63. The minimum atomic E-state index is 0.193. The summed E-state index contributed by atoms with van der Waals surface area (Å²) in [7, 11) is 0. The second-order valence-electron chi connectivity index (χ2n) is 5.77. The van der Waals surface area contributed by atoms with Crippen molar-refractivity contribution in [3.8, 4) is 0 Å². The van der Waals surface area contributed by atoms with Crippen molar-refractivity contribution < 1.29 is 0 Å². The molecule has 2 N–H and O–H groups in total. The first-order chi connectivity index (χ1) is 10.2. The standard InChI is InChI=1S/C15H21N5S/c1-11(16)10-12-6-8-14(9-7-12)21-15-17-18-19-20(15)13-4-2-3-5-13/h6-9,11,13H,2-5,10,16H2,1H3. The zero-order valence-electron chi connectivity index (χ0n) is 12.3. The van der Waals surface area contributed by atoms with Crippen LogP contribution in [0.5, 0.6) is 0 Å². The monoisotopic (exact) mass is 303 g/mol. The molecule has 1 aliphatic rings. The Morgan fingerprint density at radius 2 is 2.00 bits per heavy atom. The average molecular weight is 303 g/mol. The van der Waals surface area contributed by atoms with E-state index in [0.717, 1.165) is 16.5 Å². The van der Waals surface area contributed by atoms with Crippen LogP contribution in [0, 0.1) is 0 Å². The molecule has 6 heteroatoms. The van der Waals surface area contributed by atoms with Crippen LogP contribution in [0.2, 0.25) is 0 Å². The maximum atomic E-state index is 5.83. The Labute approximate surface area is 129 Å². The summed E-state index contributed by atoms with van der Waals surface area (Å²) in [6.45, 7) is 2.03. The average Bonchev–Trinajstić information content (AvgIpc) is 3.11. The molecule has 0 aliphatic heterocycles. The lowest BCUT2D eigenvalue weighted by Crippen LogP contribution is -2.17. The molecule has 0 saturated heterocycles. The van der Waals surface area contributed by atoms with Gasteiger partial charge in [-0.15, -0.1) is 5.10 Å². The zero-order chi connectivity index (χ0) is 14.7. The summed E-state index contributed by atoms with van der Waals surface area (Å²) in [6.07, 6.45) is 5.84. The molecule has 1 aromatic heterocycles. The van der Waals surface area contributed by atoms with Crippen LogP contribution >= 0.6 is 11.8 Å². The summed E-state index contributed by atoms with van der Waals surface area (Å²) < 4.78 is 1.99. The van der Waals surface area contributed by atoms with E-state index in [9.17, 15) is 0 Å². The van der Waals surface area contributed by atoms with Gasteiger partial charge in [0.15, 0.2) is 0 Å². The van der Waals surface area contributed by atoms with Crippen molar-refractivity contribution in [3.05, 3.63) is 29.8 Å². The van der Waals surface area contributed by atoms with Crippen molar-refractivity contribution in [3.63, 3.8) is 0 Å². The number of nitrogens with two attached hydrogens (primary N) is 1. The van der Waals surface area contributed by atoms with Gasteiger partial charge in [0.2, 0.25) is 5.16 Å². The van der Waals surface area contributed by atoms with Crippen LogP contribution in [-0.4, -0.2) is 26.2 Å². The fourth-order valence-corrected chi connectivity index (χ4v) is 3.64. The van der Waals surface area contributed by atoms with Crippen LogP contribution in [0.15, 0.2) is 34.3 Å². The molecule has 0 radical (unpaired) electrons. The van der Waals surface area contributed by atoms with Gasteiger partial charge in [0, 0.05) is 10.9 Å². The smallest absolute Gasteiger partial charge is 0.214 e. The number of rotatable bonds is 5. The summed E-state index contributed by atoms with van der Waals surface area (Å²) in [5.74, 6) is 0. The maximum Gasteiger partial charge on any atom is 0.214 e. The van der Waals surface area contributed by atoms with Crippen LogP contribution < -0.4 is 5.73 Å². The Morgan fingerprint density at radius 3 is 2.67 bits per heavy atom. The van der Waals surface area contributed by atoms with Gasteiger partial charge in [-0.05, 0) is 66.1 Å². The van der Waals surface area contributed by atoms with Crippen LogP contribution in [0.4, 0.5) is 0 Å². The van der Waals surface area contributed by atoms with Gasteiger partial charge in [-0.2, -0.15) is 0 Å². The molecule has 21 heavy (non-hydrogen) atoms. The summed E-state index contributed by atoms with van der Waals surface area (Å²) in [5, 5.41) is 13.1. The second-order valence-corrected chi connectivity index (χ2v) is 6.81.